The van der Waals surface area contributed by atoms with Crippen LogP contribution in [-0.2, 0) is 6.18 Å². The zero-order chi connectivity index (χ0) is 17.5. The van der Waals surface area contributed by atoms with Gasteiger partial charge in [0.1, 0.15) is 5.56 Å². The van der Waals surface area contributed by atoms with E-state index in [4.69, 9.17) is 0 Å². The Labute approximate surface area is 135 Å². The van der Waals surface area contributed by atoms with Crippen LogP contribution in [0.25, 0.3) is 10.9 Å². The lowest BCUT2D eigenvalue weighted by atomic mass is 9.94. The first-order valence-corrected chi connectivity index (χ1v) is 7.79. The molecule has 1 saturated carbocycles. The van der Waals surface area contributed by atoms with Crippen LogP contribution in [0.15, 0.2) is 29.1 Å². The molecule has 1 aromatic heterocycles. The molecular weight excluding hydrogens is 323 g/mol. The number of fused-ring (bicyclic) bond motifs is 1. The molecule has 2 aromatic rings. The Hall–Kier alpha value is -2.31. The highest BCUT2D eigenvalue weighted by molar-refractivity contribution is 5.92. The van der Waals surface area contributed by atoms with E-state index in [2.05, 4.69) is 0 Å². The summed E-state index contributed by atoms with van der Waals surface area (Å²) in [5.74, 6) is -1.37. The maximum atomic E-state index is 13.0. The van der Waals surface area contributed by atoms with Gasteiger partial charge in [-0.1, -0.05) is 25.3 Å². The van der Waals surface area contributed by atoms with E-state index in [0.717, 1.165) is 37.5 Å². The van der Waals surface area contributed by atoms with Crippen molar-refractivity contribution < 1.29 is 23.1 Å². The second-order valence-corrected chi connectivity index (χ2v) is 6.10. The van der Waals surface area contributed by atoms with Gasteiger partial charge in [0.05, 0.1) is 11.1 Å². The van der Waals surface area contributed by atoms with Gasteiger partial charge in [-0.15, -0.1) is 0 Å². The molecule has 1 fully saturated rings. The minimum absolute atomic E-state index is 0.145. The van der Waals surface area contributed by atoms with Crippen LogP contribution < -0.4 is 5.56 Å². The van der Waals surface area contributed by atoms with Crippen LogP contribution in [0.5, 0.6) is 0 Å². The maximum Gasteiger partial charge on any atom is 0.416 e. The van der Waals surface area contributed by atoms with Gasteiger partial charge in [-0.2, -0.15) is 13.2 Å². The highest BCUT2D eigenvalue weighted by Crippen LogP contribution is 2.34. The zero-order valence-corrected chi connectivity index (χ0v) is 12.8. The molecule has 0 radical (unpaired) electrons. The van der Waals surface area contributed by atoms with E-state index < -0.39 is 28.8 Å². The fourth-order valence-corrected chi connectivity index (χ4v) is 3.36. The highest BCUT2D eigenvalue weighted by Gasteiger charge is 2.31. The average Bonchev–Trinajstić information content (AvgIpc) is 2.53. The number of nitrogens with zero attached hydrogens (tertiary/aromatic N) is 1. The van der Waals surface area contributed by atoms with Crippen LogP contribution in [0, 0.1) is 0 Å². The van der Waals surface area contributed by atoms with Crippen LogP contribution >= 0.6 is 0 Å². The molecule has 1 aliphatic rings. The molecule has 0 spiro atoms. The number of carboxylic acid groups (broad SMARTS) is 1. The number of benzene rings is 1. The Kier molecular flexibility index (Phi) is 4.11. The van der Waals surface area contributed by atoms with E-state index in [-0.39, 0.29) is 11.6 Å². The first-order valence-electron chi connectivity index (χ1n) is 7.79. The summed E-state index contributed by atoms with van der Waals surface area (Å²) >= 11 is 0. The van der Waals surface area contributed by atoms with E-state index in [1.807, 2.05) is 0 Å². The number of carboxylic acids is 1. The van der Waals surface area contributed by atoms with E-state index in [1.165, 1.54) is 10.6 Å². The number of carbonyl (C=O) groups is 1. The number of aromatic carboxylic acids is 1. The van der Waals surface area contributed by atoms with Gasteiger partial charge in [0.2, 0.25) is 0 Å². The number of pyridine rings is 1. The van der Waals surface area contributed by atoms with Gasteiger partial charge in [0.15, 0.2) is 0 Å². The summed E-state index contributed by atoms with van der Waals surface area (Å²) in [5, 5.41) is 9.56. The molecule has 0 bridgehead atoms. The van der Waals surface area contributed by atoms with Crippen molar-refractivity contribution in [1.82, 2.24) is 4.57 Å². The fourth-order valence-electron chi connectivity index (χ4n) is 3.36. The largest absolute Gasteiger partial charge is 0.477 e. The van der Waals surface area contributed by atoms with Crippen LogP contribution in [0.2, 0.25) is 0 Å². The van der Waals surface area contributed by atoms with Crippen molar-refractivity contribution in [3.05, 3.63) is 45.7 Å². The van der Waals surface area contributed by atoms with Crippen LogP contribution in [-0.4, -0.2) is 15.6 Å². The van der Waals surface area contributed by atoms with Gasteiger partial charge in [-0.3, -0.25) is 4.79 Å². The molecule has 4 nitrogen and oxygen atoms in total. The normalized spacial score (nSPS) is 16.5. The first-order chi connectivity index (χ1) is 11.3. The van der Waals surface area contributed by atoms with Gasteiger partial charge < -0.3 is 9.67 Å². The monoisotopic (exact) mass is 339 g/mol. The predicted octanol–water partition coefficient (Wildman–Crippen LogP) is 4.22. The van der Waals surface area contributed by atoms with Crippen molar-refractivity contribution in [3.8, 4) is 0 Å². The smallest absolute Gasteiger partial charge is 0.416 e. The summed E-state index contributed by atoms with van der Waals surface area (Å²) in [6.45, 7) is 0. The summed E-state index contributed by atoms with van der Waals surface area (Å²) < 4.78 is 40.3. The molecule has 0 saturated heterocycles. The first kappa shape index (κ1) is 16.5. The molecule has 0 aliphatic heterocycles. The SMILES string of the molecule is O=C(O)c1cc2ccc(C(F)(F)F)cc2n(C2CCCCC2)c1=O. The Morgan fingerprint density at radius 2 is 1.79 bits per heavy atom. The lowest BCUT2D eigenvalue weighted by Gasteiger charge is -2.26. The Bertz CT molecular complexity index is 849. The van der Waals surface area contributed by atoms with Gasteiger partial charge in [-0.05, 0) is 36.4 Å². The molecule has 0 unspecified atom stereocenters. The van der Waals surface area contributed by atoms with Gasteiger partial charge in [0, 0.05) is 6.04 Å². The van der Waals surface area contributed by atoms with Crippen molar-refractivity contribution >= 4 is 16.9 Å². The van der Waals surface area contributed by atoms with Crippen LogP contribution in [0.3, 0.4) is 0 Å². The van der Waals surface area contributed by atoms with Crippen LogP contribution in [0.1, 0.15) is 54.1 Å². The van der Waals surface area contributed by atoms with Crippen molar-refractivity contribution in [1.29, 1.82) is 0 Å². The highest BCUT2D eigenvalue weighted by atomic mass is 19.4. The third-order valence-corrected chi connectivity index (χ3v) is 4.54. The molecule has 1 aromatic carbocycles. The van der Waals surface area contributed by atoms with Gasteiger partial charge in [-0.25, -0.2) is 4.79 Å². The molecule has 1 N–H and O–H groups in total. The minimum atomic E-state index is -4.52. The molecule has 24 heavy (non-hydrogen) atoms. The summed E-state index contributed by atoms with van der Waals surface area (Å²) in [7, 11) is 0. The molecule has 1 aliphatic carbocycles. The van der Waals surface area contributed by atoms with Crippen molar-refractivity contribution in [2.24, 2.45) is 0 Å². The van der Waals surface area contributed by atoms with Gasteiger partial charge >= 0.3 is 12.1 Å². The summed E-state index contributed by atoms with van der Waals surface area (Å²) in [4.78, 5) is 23.9. The van der Waals surface area contributed by atoms with E-state index in [1.54, 1.807) is 0 Å². The summed E-state index contributed by atoms with van der Waals surface area (Å²) in [5.41, 5.74) is -1.84. The standard InChI is InChI=1S/C17H16F3NO3/c18-17(19,20)11-7-6-10-8-13(16(23)24)15(22)21(14(10)9-11)12-4-2-1-3-5-12/h6-9,12H,1-5H2,(H,23,24). The third-order valence-electron chi connectivity index (χ3n) is 4.54. The average molecular weight is 339 g/mol. The molecule has 7 heteroatoms. The van der Waals surface area contributed by atoms with E-state index in [0.29, 0.717) is 18.2 Å². The number of alkyl halides is 3. The molecule has 3 rings (SSSR count). The molecule has 1 heterocycles. The Balaban J connectivity index is 2.31. The molecular formula is C17H16F3NO3. The number of halogens is 3. The fraction of sp³-hybridized carbons (Fsp3) is 0.412. The molecule has 0 amide bonds. The van der Waals surface area contributed by atoms with Crippen molar-refractivity contribution in [2.45, 2.75) is 44.3 Å². The summed E-state index contributed by atoms with van der Waals surface area (Å²) in [6, 6.07) is 3.96. The number of rotatable bonds is 2. The number of hydrogen-bond acceptors (Lipinski definition) is 2. The molecule has 128 valence electrons. The van der Waals surface area contributed by atoms with Crippen molar-refractivity contribution in [2.75, 3.05) is 0 Å². The maximum absolute atomic E-state index is 13.0. The quantitative estimate of drug-likeness (QED) is 0.891. The second kappa shape index (κ2) is 5.96. The van der Waals surface area contributed by atoms with Crippen LogP contribution in [0.4, 0.5) is 13.2 Å². The lowest BCUT2D eigenvalue weighted by molar-refractivity contribution is -0.137. The Morgan fingerprint density at radius 1 is 1.12 bits per heavy atom. The van der Waals surface area contributed by atoms with Crippen molar-refractivity contribution in [3.63, 3.8) is 0 Å². The Morgan fingerprint density at radius 3 is 2.38 bits per heavy atom. The number of hydrogen-bond donors (Lipinski definition) is 1. The van der Waals surface area contributed by atoms with Gasteiger partial charge in [0.25, 0.3) is 5.56 Å². The van der Waals surface area contributed by atoms with E-state index >= 15 is 0 Å². The zero-order valence-electron chi connectivity index (χ0n) is 12.8. The lowest BCUT2D eigenvalue weighted by Crippen LogP contribution is -2.31. The molecule has 0 atom stereocenters. The van der Waals surface area contributed by atoms with E-state index in [9.17, 15) is 27.9 Å². The third kappa shape index (κ3) is 2.90. The summed E-state index contributed by atoms with van der Waals surface area (Å²) in [6.07, 6.45) is -0.449. The number of aromatic nitrogens is 1. The predicted molar refractivity (Wildman–Crippen MR) is 82.3 cm³/mol. The topological polar surface area (TPSA) is 59.3 Å². The minimum Gasteiger partial charge on any atom is -0.477 e. The second-order valence-electron chi connectivity index (χ2n) is 6.10.